The highest BCUT2D eigenvalue weighted by Crippen LogP contribution is 2.22. The lowest BCUT2D eigenvalue weighted by molar-refractivity contribution is -0.156. The van der Waals surface area contributed by atoms with Crippen LogP contribution < -0.4 is 0 Å². The topological polar surface area (TPSA) is 44.8 Å². The van der Waals surface area contributed by atoms with Gasteiger partial charge in [0.15, 0.2) is 5.79 Å². The molecule has 4 heteroatoms. The summed E-state index contributed by atoms with van der Waals surface area (Å²) < 4.78 is 15.4. The minimum atomic E-state index is -0.537. The van der Waals surface area contributed by atoms with E-state index in [4.69, 9.17) is 14.2 Å². The molecule has 0 aliphatic carbocycles. The van der Waals surface area contributed by atoms with Crippen LogP contribution in [0.3, 0.4) is 0 Å². The van der Waals surface area contributed by atoms with Crippen molar-refractivity contribution in [1.82, 2.24) is 0 Å². The Hall–Kier alpha value is -0.610. The Bertz CT molecular complexity index is 176. The van der Waals surface area contributed by atoms with E-state index in [1.54, 1.807) is 0 Å². The van der Waals surface area contributed by atoms with Crippen molar-refractivity contribution in [2.45, 2.75) is 40.1 Å². The summed E-state index contributed by atoms with van der Waals surface area (Å²) in [6.45, 7) is 5.81. The third-order valence-electron chi connectivity index (χ3n) is 1.54. The van der Waals surface area contributed by atoms with Gasteiger partial charge in [-0.05, 0) is 13.8 Å². The zero-order chi connectivity index (χ0) is 9.19. The van der Waals surface area contributed by atoms with Crippen LogP contribution >= 0.6 is 0 Å². The molecule has 78 valence electrons. The number of rotatable bonds is 2. The molecule has 1 fully saturated rings. The molecule has 0 amide bonds. The Morgan fingerprint density at radius 3 is 2.62 bits per heavy atom. The number of hydrogen-bond acceptors (Lipinski definition) is 4. The average Bonchev–Trinajstić information content (AvgIpc) is 2.26. The van der Waals surface area contributed by atoms with E-state index in [2.05, 4.69) is 0 Å². The van der Waals surface area contributed by atoms with E-state index in [0.29, 0.717) is 6.61 Å². The summed E-state index contributed by atoms with van der Waals surface area (Å²) in [7, 11) is 0. The van der Waals surface area contributed by atoms with E-state index in [1.807, 2.05) is 13.8 Å². The quantitative estimate of drug-likeness (QED) is 0.616. The van der Waals surface area contributed by atoms with Gasteiger partial charge in [0.25, 0.3) is 0 Å². The molecule has 0 N–H and O–H groups in total. The SMILES string of the molecule is C.CC(=O)OCC1COC(C)(C)O1. The molecule has 0 bridgehead atoms. The van der Waals surface area contributed by atoms with E-state index < -0.39 is 5.79 Å². The first kappa shape index (κ1) is 12.4. The van der Waals surface area contributed by atoms with Crippen LogP contribution in [0.4, 0.5) is 0 Å². The molecule has 1 atom stereocenters. The minimum absolute atomic E-state index is 0. The fourth-order valence-corrected chi connectivity index (χ4v) is 1.06. The fourth-order valence-electron chi connectivity index (χ4n) is 1.06. The first-order chi connectivity index (χ1) is 5.49. The molecule has 0 aromatic carbocycles. The van der Waals surface area contributed by atoms with Crippen molar-refractivity contribution in [3.8, 4) is 0 Å². The molecular weight excluding hydrogens is 172 g/mol. The molecule has 0 aromatic heterocycles. The van der Waals surface area contributed by atoms with Gasteiger partial charge in [-0.3, -0.25) is 4.79 Å². The van der Waals surface area contributed by atoms with Crippen LogP contribution in [0.1, 0.15) is 28.2 Å². The zero-order valence-electron chi connectivity index (χ0n) is 7.62. The lowest BCUT2D eigenvalue weighted by Crippen LogP contribution is -2.24. The Morgan fingerprint density at radius 2 is 2.23 bits per heavy atom. The van der Waals surface area contributed by atoms with Gasteiger partial charge in [-0.25, -0.2) is 0 Å². The summed E-state index contributed by atoms with van der Waals surface area (Å²) in [6, 6.07) is 0. The van der Waals surface area contributed by atoms with Crippen molar-refractivity contribution in [1.29, 1.82) is 0 Å². The van der Waals surface area contributed by atoms with Gasteiger partial charge in [0.1, 0.15) is 12.7 Å². The highest BCUT2D eigenvalue weighted by molar-refractivity contribution is 5.65. The van der Waals surface area contributed by atoms with E-state index >= 15 is 0 Å². The van der Waals surface area contributed by atoms with Crippen LogP contribution in [0.15, 0.2) is 0 Å². The number of carbonyl (C=O) groups is 1. The molecule has 0 spiro atoms. The summed E-state index contributed by atoms with van der Waals surface area (Å²) in [5.74, 6) is -0.825. The number of carbonyl (C=O) groups excluding carboxylic acids is 1. The number of esters is 1. The normalized spacial score (nSPS) is 25.0. The van der Waals surface area contributed by atoms with E-state index in [9.17, 15) is 4.79 Å². The van der Waals surface area contributed by atoms with Gasteiger partial charge in [-0.15, -0.1) is 0 Å². The van der Waals surface area contributed by atoms with Crippen LogP contribution in [0.2, 0.25) is 0 Å². The molecule has 1 aliphatic heterocycles. The van der Waals surface area contributed by atoms with Crippen molar-refractivity contribution in [2.24, 2.45) is 0 Å². The lowest BCUT2D eigenvalue weighted by atomic mass is 10.4. The molecular formula is C9H18O4. The maximum atomic E-state index is 10.4. The highest BCUT2D eigenvalue weighted by Gasteiger charge is 2.32. The lowest BCUT2D eigenvalue weighted by Gasteiger charge is -2.16. The molecule has 13 heavy (non-hydrogen) atoms. The molecule has 4 nitrogen and oxygen atoms in total. The molecule has 0 saturated carbocycles. The van der Waals surface area contributed by atoms with Gasteiger partial charge in [0.05, 0.1) is 6.61 Å². The van der Waals surface area contributed by atoms with Gasteiger partial charge >= 0.3 is 5.97 Å². The summed E-state index contributed by atoms with van der Waals surface area (Å²) >= 11 is 0. The summed E-state index contributed by atoms with van der Waals surface area (Å²) in [5, 5.41) is 0. The molecule has 1 saturated heterocycles. The standard InChI is InChI=1S/C8H14O4.CH4/c1-6(9)10-4-7-5-11-8(2,3)12-7;/h7H,4-5H2,1-3H3;1H4. The van der Waals surface area contributed by atoms with Crippen molar-refractivity contribution in [2.75, 3.05) is 13.2 Å². The predicted octanol–water partition coefficient (Wildman–Crippen LogP) is 1.34. The number of ether oxygens (including phenoxy) is 3. The summed E-state index contributed by atoms with van der Waals surface area (Å²) in [6.07, 6.45) is -0.121. The van der Waals surface area contributed by atoms with Crippen molar-refractivity contribution in [3.63, 3.8) is 0 Å². The second kappa shape index (κ2) is 4.58. The Kier molecular flexibility index (Phi) is 4.36. The summed E-state index contributed by atoms with van der Waals surface area (Å²) in [5.41, 5.74) is 0. The van der Waals surface area contributed by atoms with Gasteiger partial charge in [0.2, 0.25) is 0 Å². The van der Waals surface area contributed by atoms with Crippen molar-refractivity contribution in [3.05, 3.63) is 0 Å². The van der Waals surface area contributed by atoms with E-state index in [1.165, 1.54) is 6.92 Å². The second-order valence-electron chi connectivity index (χ2n) is 3.25. The molecule has 0 aromatic rings. The Labute approximate surface area is 79.2 Å². The highest BCUT2D eigenvalue weighted by atomic mass is 16.7. The first-order valence-corrected chi connectivity index (χ1v) is 3.95. The van der Waals surface area contributed by atoms with Crippen molar-refractivity contribution >= 4 is 5.97 Å². The maximum absolute atomic E-state index is 10.4. The third kappa shape index (κ3) is 4.24. The van der Waals surface area contributed by atoms with Crippen molar-refractivity contribution < 1.29 is 19.0 Å². The van der Waals surface area contributed by atoms with Gasteiger partial charge in [0, 0.05) is 6.92 Å². The van der Waals surface area contributed by atoms with Crippen LogP contribution in [-0.4, -0.2) is 31.1 Å². The molecule has 0 radical (unpaired) electrons. The minimum Gasteiger partial charge on any atom is -0.463 e. The van der Waals surface area contributed by atoms with E-state index in [-0.39, 0.29) is 26.1 Å². The van der Waals surface area contributed by atoms with E-state index in [0.717, 1.165) is 0 Å². The Morgan fingerprint density at radius 1 is 1.62 bits per heavy atom. The average molecular weight is 190 g/mol. The molecule has 1 rings (SSSR count). The fraction of sp³-hybridized carbons (Fsp3) is 0.889. The van der Waals surface area contributed by atoms with Gasteiger partial charge < -0.3 is 14.2 Å². The maximum Gasteiger partial charge on any atom is 0.302 e. The molecule has 1 aliphatic rings. The number of hydrogen-bond donors (Lipinski definition) is 0. The first-order valence-electron chi connectivity index (χ1n) is 3.95. The summed E-state index contributed by atoms with van der Waals surface area (Å²) in [4.78, 5) is 10.4. The van der Waals surface area contributed by atoms with Crippen LogP contribution in [-0.2, 0) is 19.0 Å². The largest absolute Gasteiger partial charge is 0.463 e. The van der Waals surface area contributed by atoms with Crippen LogP contribution in [0.25, 0.3) is 0 Å². The molecule has 1 heterocycles. The third-order valence-corrected chi connectivity index (χ3v) is 1.54. The predicted molar refractivity (Wildman–Crippen MR) is 48.3 cm³/mol. The van der Waals surface area contributed by atoms with Crippen LogP contribution in [0.5, 0.6) is 0 Å². The second-order valence-corrected chi connectivity index (χ2v) is 3.25. The van der Waals surface area contributed by atoms with Gasteiger partial charge in [-0.1, -0.05) is 7.43 Å². The van der Waals surface area contributed by atoms with Crippen LogP contribution in [0, 0.1) is 0 Å². The smallest absolute Gasteiger partial charge is 0.302 e. The zero-order valence-corrected chi connectivity index (χ0v) is 7.62. The van der Waals surface area contributed by atoms with Gasteiger partial charge in [-0.2, -0.15) is 0 Å². The Balaban J connectivity index is 0.00000144. The monoisotopic (exact) mass is 190 g/mol. The molecule has 1 unspecified atom stereocenters.